The van der Waals surface area contributed by atoms with Crippen molar-refractivity contribution in [3.05, 3.63) is 59.0 Å². The Hall–Kier alpha value is -3.13. The fourth-order valence-corrected chi connectivity index (χ4v) is 4.22. The summed E-state index contributed by atoms with van der Waals surface area (Å²) in [6.07, 6.45) is 1.97. The summed E-state index contributed by atoms with van der Waals surface area (Å²) in [5.41, 5.74) is 0. The zero-order valence-corrected chi connectivity index (χ0v) is 17.8. The molecule has 3 heterocycles. The van der Waals surface area contributed by atoms with Gasteiger partial charge in [-0.3, -0.25) is 4.79 Å². The van der Waals surface area contributed by atoms with E-state index in [1.54, 1.807) is 18.4 Å². The minimum absolute atomic E-state index is 0.104. The molecule has 0 saturated carbocycles. The Bertz CT molecular complexity index is 978. The number of hydrogen-bond acceptors (Lipinski definition) is 7. The van der Waals surface area contributed by atoms with Gasteiger partial charge in [0.05, 0.1) is 13.5 Å². The first-order valence-electron chi connectivity index (χ1n) is 9.83. The molecule has 0 aliphatic carbocycles. The van der Waals surface area contributed by atoms with E-state index in [1.165, 1.54) is 6.33 Å². The van der Waals surface area contributed by atoms with Crippen LogP contribution in [0.3, 0.4) is 0 Å². The van der Waals surface area contributed by atoms with Crippen LogP contribution < -0.4 is 14.4 Å². The number of thiophene rings is 1. The molecule has 0 spiro atoms. The molecule has 4 rings (SSSR count). The third-order valence-electron chi connectivity index (χ3n) is 5.09. The van der Waals surface area contributed by atoms with Crippen LogP contribution in [0.1, 0.15) is 11.8 Å². The van der Waals surface area contributed by atoms with Gasteiger partial charge in [-0.2, -0.15) is 0 Å². The lowest BCUT2D eigenvalue weighted by atomic mass is 10.1. The molecule has 30 heavy (non-hydrogen) atoms. The number of anilines is 1. The molecule has 1 saturated heterocycles. The fraction of sp³-hybridized carbons (Fsp3) is 0.318. The average molecular weight is 425 g/mol. The number of amides is 1. The van der Waals surface area contributed by atoms with Gasteiger partial charge in [0.15, 0.2) is 0 Å². The molecule has 3 aromatic rings. The van der Waals surface area contributed by atoms with Crippen LogP contribution in [-0.2, 0) is 11.2 Å². The average Bonchev–Trinajstić information content (AvgIpc) is 3.27. The van der Waals surface area contributed by atoms with Crippen molar-refractivity contribution in [2.45, 2.75) is 19.4 Å². The highest BCUT2D eigenvalue weighted by Gasteiger charge is 2.28. The summed E-state index contributed by atoms with van der Waals surface area (Å²) in [6.45, 7) is 4.19. The molecule has 1 aliphatic heterocycles. The third kappa shape index (κ3) is 4.71. The van der Waals surface area contributed by atoms with E-state index in [1.807, 2.05) is 52.7 Å². The summed E-state index contributed by atoms with van der Waals surface area (Å²) >= 11 is 1.62. The Morgan fingerprint density at radius 2 is 1.97 bits per heavy atom. The van der Waals surface area contributed by atoms with E-state index < -0.39 is 0 Å². The van der Waals surface area contributed by atoms with Crippen LogP contribution in [0.2, 0.25) is 0 Å². The number of methoxy groups -OCH3 is 1. The molecule has 1 unspecified atom stereocenters. The molecule has 2 aromatic heterocycles. The molecule has 0 bridgehead atoms. The number of rotatable bonds is 6. The summed E-state index contributed by atoms with van der Waals surface area (Å²) < 4.78 is 11.0. The topological polar surface area (TPSA) is 67.8 Å². The molecule has 0 radical (unpaired) electrons. The van der Waals surface area contributed by atoms with Gasteiger partial charge in [-0.15, -0.1) is 11.3 Å². The van der Waals surface area contributed by atoms with Crippen LogP contribution in [0.15, 0.2) is 54.2 Å². The van der Waals surface area contributed by atoms with Crippen molar-refractivity contribution in [1.29, 1.82) is 0 Å². The number of ether oxygens (including phenoxy) is 2. The van der Waals surface area contributed by atoms with E-state index in [-0.39, 0.29) is 11.9 Å². The van der Waals surface area contributed by atoms with Gasteiger partial charge < -0.3 is 19.3 Å². The maximum absolute atomic E-state index is 12.7. The maximum Gasteiger partial charge on any atom is 0.228 e. The van der Waals surface area contributed by atoms with Gasteiger partial charge in [0, 0.05) is 36.6 Å². The van der Waals surface area contributed by atoms with E-state index in [2.05, 4.69) is 21.8 Å². The van der Waals surface area contributed by atoms with E-state index in [0.717, 1.165) is 29.5 Å². The lowest BCUT2D eigenvalue weighted by molar-refractivity contribution is -0.132. The van der Waals surface area contributed by atoms with Crippen molar-refractivity contribution in [2.24, 2.45) is 0 Å². The first-order chi connectivity index (χ1) is 14.6. The zero-order chi connectivity index (χ0) is 20.9. The lowest BCUT2D eigenvalue weighted by Gasteiger charge is -2.40. The van der Waals surface area contributed by atoms with Crippen molar-refractivity contribution in [1.82, 2.24) is 14.9 Å². The maximum atomic E-state index is 12.7. The Balaban J connectivity index is 1.39. The van der Waals surface area contributed by atoms with Gasteiger partial charge in [0.2, 0.25) is 11.8 Å². The third-order valence-corrected chi connectivity index (χ3v) is 5.96. The molecule has 1 fully saturated rings. The van der Waals surface area contributed by atoms with Crippen LogP contribution >= 0.6 is 11.3 Å². The molecular weight excluding hydrogens is 400 g/mol. The highest BCUT2D eigenvalue weighted by molar-refractivity contribution is 7.10. The quantitative estimate of drug-likeness (QED) is 0.602. The summed E-state index contributed by atoms with van der Waals surface area (Å²) in [4.78, 5) is 26.5. The Labute approximate surface area is 179 Å². The molecular formula is C22H24N4O3S. The molecule has 156 valence electrons. The highest BCUT2D eigenvalue weighted by Crippen LogP contribution is 2.25. The predicted molar refractivity (Wildman–Crippen MR) is 117 cm³/mol. The number of piperazine rings is 1. The first-order valence-corrected chi connectivity index (χ1v) is 10.7. The second-order valence-electron chi connectivity index (χ2n) is 7.13. The fourth-order valence-electron chi connectivity index (χ4n) is 3.52. The van der Waals surface area contributed by atoms with Gasteiger partial charge >= 0.3 is 0 Å². The van der Waals surface area contributed by atoms with E-state index in [4.69, 9.17) is 9.47 Å². The minimum atomic E-state index is 0.104. The number of aromatic nitrogens is 2. The molecule has 8 heteroatoms. The molecule has 7 nitrogen and oxygen atoms in total. The van der Waals surface area contributed by atoms with Gasteiger partial charge in [-0.1, -0.05) is 6.07 Å². The number of nitrogens with zero attached hydrogens (tertiary/aromatic N) is 4. The molecule has 1 atom stereocenters. The summed E-state index contributed by atoms with van der Waals surface area (Å²) in [6, 6.07) is 13.3. The van der Waals surface area contributed by atoms with Gasteiger partial charge in [-0.05, 0) is 42.6 Å². The highest BCUT2D eigenvalue weighted by atomic mass is 32.1. The Morgan fingerprint density at radius 1 is 1.17 bits per heavy atom. The van der Waals surface area contributed by atoms with Crippen molar-refractivity contribution in [3.8, 4) is 17.4 Å². The van der Waals surface area contributed by atoms with Gasteiger partial charge in [0.1, 0.15) is 23.6 Å². The van der Waals surface area contributed by atoms with Crippen molar-refractivity contribution >= 4 is 23.1 Å². The van der Waals surface area contributed by atoms with Crippen molar-refractivity contribution < 1.29 is 14.3 Å². The lowest BCUT2D eigenvalue weighted by Crippen LogP contribution is -2.54. The molecule has 0 N–H and O–H groups in total. The number of carbonyl (C=O) groups excluding carboxylic acids is 1. The van der Waals surface area contributed by atoms with Crippen LogP contribution in [-0.4, -0.2) is 53.6 Å². The largest absolute Gasteiger partial charge is 0.497 e. The second kappa shape index (κ2) is 9.13. The van der Waals surface area contributed by atoms with Crippen LogP contribution in [0, 0.1) is 0 Å². The normalized spacial score (nSPS) is 16.4. The van der Waals surface area contributed by atoms with Crippen LogP contribution in [0.5, 0.6) is 17.4 Å². The van der Waals surface area contributed by atoms with Crippen molar-refractivity contribution in [2.75, 3.05) is 31.6 Å². The Kier molecular flexibility index (Phi) is 6.13. The summed E-state index contributed by atoms with van der Waals surface area (Å²) in [7, 11) is 1.63. The van der Waals surface area contributed by atoms with E-state index in [9.17, 15) is 4.79 Å². The first kappa shape index (κ1) is 20.2. The Morgan fingerprint density at radius 3 is 2.67 bits per heavy atom. The summed E-state index contributed by atoms with van der Waals surface area (Å²) in [5.74, 6) is 2.90. The zero-order valence-electron chi connectivity index (χ0n) is 17.0. The minimum Gasteiger partial charge on any atom is -0.497 e. The number of carbonyl (C=O) groups is 1. The SMILES string of the molecule is COc1ccc(Oc2cc(N3CCN(C(=O)Cc4cccs4)C(C)C3)ncn2)cc1. The predicted octanol–water partition coefficient (Wildman–Crippen LogP) is 3.62. The summed E-state index contributed by atoms with van der Waals surface area (Å²) in [5, 5.41) is 2.00. The van der Waals surface area contributed by atoms with Crippen LogP contribution in [0.4, 0.5) is 5.82 Å². The number of hydrogen-bond donors (Lipinski definition) is 0. The molecule has 1 aromatic carbocycles. The number of benzene rings is 1. The molecule has 1 aliphatic rings. The molecule has 1 amide bonds. The standard InChI is InChI=1S/C22H24N4O3S/c1-16-14-25(9-10-26(16)22(27)12-19-4-3-11-30-19)20-13-21(24-15-23-20)29-18-7-5-17(28-2)6-8-18/h3-8,11,13,15-16H,9-10,12,14H2,1-2H3. The van der Waals surface area contributed by atoms with Gasteiger partial charge in [-0.25, -0.2) is 9.97 Å². The van der Waals surface area contributed by atoms with E-state index in [0.29, 0.717) is 24.6 Å². The van der Waals surface area contributed by atoms with Gasteiger partial charge in [0.25, 0.3) is 0 Å². The second-order valence-corrected chi connectivity index (χ2v) is 8.16. The monoisotopic (exact) mass is 424 g/mol. The van der Waals surface area contributed by atoms with Crippen molar-refractivity contribution in [3.63, 3.8) is 0 Å². The smallest absolute Gasteiger partial charge is 0.228 e. The van der Waals surface area contributed by atoms with E-state index >= 15 is 0 Å². The van der Waals surface area contributed by atoms with Crippen LogP contribution in [0.25, 0.3) is 0 Å².